The van der Waals surface area contributed by atoms with Crippen molar-refractivity contribution < 1.29 is 0 Å². The van der Waals surface area contributed by atoms with Gasteiger partial charge in [-0.1, -0.05) is 103 Å². The van der Waals surface area contributed by atoms with Crippen molar-refractivity contribution in [3.05, 3.63) is 218 Å². The second-order valence-electron chi connectivity index (χ2n) is 15.1. The Bertz CT molecular complexity index is 2790. The fourth-order valence-corrected chi connectivity index (χ4v) is 9.06. The highest BCUT2D eigenvalue weighted by Gasteiger charge is 2.50. The highest BCUT2D eigenvalue weighted by Crippen LogP contribution is 2.62. The van der Waals surface area contributed by atoms with Crippen molar-refractivity contribution >= 4 is 44.9 Å². The van der Waals surface area contributed by atoms with Gasteiger partial charge in [0.2, 0.25) is 0 Å². The Morgan fingerprint density at radius 2 is 0.895 bits per heavy atom. The summed E-state index contributed by atoms with van der Waals surface area (Å²) in [5, 5.41) is 2.72. The molecule has 0 N–H and O–H groups in total. The van der Waals surface area contributed by atoms with E-state index in [1.54, 1.807) is 0 Å². The number of nitrogens with zero attached hydrogens (tertiary/aromatic N) is 4. The third kappa shape index (κ3) is 5.60. The minimum atomic E-state index is 0.0462. The normalized spacial score (nSPS) is 13.3. The molecular formula is C53H38N4. The second kappa shape index (κ2) is 13.5. The molecule has 0 saturated heterocycles. The van der Waals surface area contributed by atoms with E-state index in [1.807, 2.05) is 36.9 Å². The molecule has 0 atom stereocenters. The number of para-hydroxylation sites is 2. The van der Waals surface area contributed by atoms with Gasteiger partial charge in [-0.25, -0.2) is 0 Å². The van der Waals surface area contributed by atoms with Gasteiger partial charge >= 0.3 is 0 Å². The van der Waals surface area contributed by atoms with Crippen molar-refractivity contribution in [2.75, 3.05) is 9.80 Å². The van der Waals surface area contributed by atoms with Crippen LogP contribution in [0.4, 0.5) is 34.1 Å². The predicted octanol–water partition coefficient (Wildman–Crippen LogP) is 14.0. The molecule has 4 heteroatoms. The smallest absolute Gasteiger partial charge is 0.0644 e. The summed E-state index contributed by atoms with van der Waals surface area (Å²) in [5.41, 5.74) is 17.1. The molecule has 11 rings (SSSR count). The average molecular weight is 731 g/mol. The molecule has 4 nitrogen and oxygen atoms in total. The van der Waals surface area contributed by atoms with E-state index < -0.39 is 0 Å². The Morgan fingerprint density at radius 3 is 1.46 bits per heavy atom. The lowest BCUT2D eigenvalue weighted by molar-refractivity contribution is 0.854. The largest absolute Gasteiger partial charge is 0.309 e. The van der Waals surface area contributed by atoms with Crippen LogP contribution < -0.4 is 9.80 Å². The zero-order chi connectivity index (χ0) is 37.8. The molecule has 2 aromatic heterocycles. The zero-order valence-corrected chi connectivity index (χ0v) is 31.3. The summed E-state index contributed by atoms with van der Waals surface area (Å²) in [4.78, 5) is 13.3. The predicted molar refractivity (Wildman–Crippen MR) is 235 cm³/mol. The van der Waals surface area contributed by atoms with Gasteiger partial charge in [0.1, 0.15) is 0 Å². The zero-order valence-electron chi connectivity index (χ0n) is 31.3. The summed E-state index contributed by atoms with van der Waals surface area (Å²) in [6.45, 7) is 0. The van der Waals surface area contributed by atoms with Crippen molar-refractivity contribution in [1.29, 1.82) is 0 Å². The van der Waals surface area contributed by atoms with Crippen LogP contribution in [0, 0.1) is 0 Å². The van der Waals surface area contributed by atoms with Gasteiger partial charge in [-0.15, -0.1) is 0 Å². The molecule has 2 heterocycles. The minimum absolute atomic E-state index is 0.0462. The number of hydrogen-bond acceptors (Lipinski definition) is 4. The van der Waals surface area contributed by atoms with Crippen LogP contribution in [0.5, 0.6) is 0 Å². The quantitative estimate of drug-likeness (QED) is 0.156. The molecule has 0 radical (unpaired) electrons. The SMILES string of the molecule is c1ccc(N(c2ccc(-c3ccc4c(c3)C3(CC3)c3ccc(-c5ccc(N(c6ccccc6)c6cccnc6)cc5)c5cccc-4c35)cc2)c2cccnc2)cc1. The molecule has 1 saturated carbocycles. The van der Waals surface area contributed by atoms with Crippen LogP contribution in [0.3, 0.4) is 0 Å². The van der Waals surface area contributed by atoms with Crippen molar-refractivity contribution in [1.82, 2.24) is 9.97 Å². The number of anilines is 6. The minimum Gasteiger partial charge on any atom is -0.309 e. The molecule has 270 valence electrons. The van der Waals surface area contributed by atoms with Gasteiger partial charge in [0.05, 0.1) is 23.8 Å². The first kappa shape index (κ1) is 33.1. The molecule has 2 aliphatic rings. The Kier molecular flexibility index (Phi) is 7.82. The van der Waals surface area contributed by atoms with E-state index in [2.05, 4.69) is 190 Å². The lowest BCUT2D eigenvalue weighted by Gasteiger charge is -2.30. The van der Waals surface area contributed by atoms with Gasteiger partial charge in [-0.05, 0) is 147 Å². The van der Waals surface area contributed by atoms with E-state index in [1.165, 1.54) is 68.1 Å². The van der Waals surface area contributed by atoms with Crippen molar-refractivity contribution in [3.63, 3.8) is 0 Å². The monoisotopic (exact) mass is 730 g/mol. The van der Waals surface area contributed by atoms with Crippen LogP contribution in [-0.2, 0) is 5.41 Å². The summed E-state index contributed by atoms with van der Waals surface area (Å²) >= 11 is 0. The lowest BCUT2D eigenvalue weighted by atomic mass is 9.73. The molecule has 1 spiro atoms. The molecule has 0 unspecified atom stereocenters. The summed E-state index contributed by atoms with van der Waals surface area (Å²) in [5.74, 6) is 0. The van der Waals surface area contributed by atoms with Gasteiger partial charge in [0.25, 0.3) is 0 Å². The van der Waals surface area contributed by atoms with Gasteiger partial charge in [0.15, 0.2) is 0 Å². The second-order valence-corrected chi connectivity index (χ2v) is 15.1. The number of hydrogen-bond donors (Lipinski definition) is 0. The number of aromatic nitrogens is 2. The van der Waals surface area contributed by atoms with Gasteiger partial charge < -0.3 is 9.80 Å². The van der Waals surface area contributed by atoms with Crippen molar-refractivity contribution in [2.24, 2.45) is 0 Å². The summed E-state index contributed by atoms with van der Waals surface area (Å²) < 4.78 is 0. The molecule has 0 amide bonds. The molecule has 9 aromatic rings. The first-order valence-electron chi connectivity index (χ1n) is 19.7. The Labute approximate surface area is 333 Å². The van der Waals surface area contributed by atoms with E-state index in [0.717, 1.165) is 34.1 Å². The van der Waals surface area contributed by atoms with E-state index in [-0.39, 0.29) is 5.41 Å². The summed E-state index contributed by atoms with van der Waals surface area (Å²) in [7, 11) is 0. The Balaban J connectivity index is 0.951. The standard InChI is InChI=1S/C53H38N4/c1-3-10-40(11-4-1)56(44-14-8-32-54-35-44)42-23-18-37(19-24-42)39-22-27-47-49-17-7-16-48-46(28-29-50(52(48)49)53(30-31-53)51(47)34-39)38-20-25-43(26-21-38)57(41-12-5-2-6-13-41)45-15-9-33-55-36-45/h1-29,32-36H,30-31H2. The third-order valence-electron chi connectivity index (χ3n) is 11.9. The molecule has 7 aromatic carbocycles. The first-order chi connectivity index (χ1) is 28.2. The van der Waals surface area contributed by atoms with Gasteiger partial charge in [0, 0.05) is 40.6 Å². The van der Waals surface area contributed by atoms with Gasteiger partial charge in [-0.3, -0.25) is 9.97 Å². The third-order valence-corrected chi connectivity index (χ3v) is 11.9. The Hall–Kier alpha value is -7.30. The molecule has 1 fully saturated rings. The first-order valence-corrected chi connectivity index (χ1v) is 19.7. The highest BCUT2D eigenvalue weighted by molar-refractivity contribution is 6.10. The van der Waals surface area contributed by atoms with E-state index >= 15 is 0 Å². The van der Waals surface area contributed by atoms with E-state index in [9.17, 15) is 0 Å². The number of benzene rings is 7. The van der Waals surface area contributed by atoms with Crippen LogP contribution in [0.1, 0.15) is 24.0 Å². The maximum atomic E-state index is 4.42. The molecule has 0 aliphatic heterocycles. The fourth-order valence-electron chi connectivity index (χ4n) is 9.06. The van der Waals surface area contributed by atoms with Crippen LogP contribution in [-0.4, -0.2) is 9.97 Å². The van der Waals surface area contributed by atoms with Crippen LogP contribution in [0.2, 0.25) is 0 Å². The van der Waals surface area contributed by atoms with E-state index in [0.29, 0.717) is 0 Å². The molecular weight excluding hydrogens is 693 g/mol. The van der Waals surface area contributed by atoms with Crippen LogP contribution >= 0.6 is 0 Å². The number of pyridine rings is 2. The van der Waals surface area contributed by atoms with Crippen molar-refractivity contribution in [3.8, 4) is 33.4 Å². The molecule has 2 aliphatic carbocycles. The lowest BCUT2D eigenvalue weighted by Crippen LogP contribution is -2.16. The number of fused-ring (bicyclic) bond motifs is 4. The van der Waals surface area contributed by atoms with E-state index in [4.69, 9.17) is 0 Å². The van der Waals surface area contributed by atoms with Crippen molar-refractivity contribution in [2.45, 2.75) is 18.3 Å². The highest BCUT2D eigenvalue weighted by atomic mass is 15.2. The van der Waals surface area contributed by atoms with Gasteiger partial charge in [-0.2, -0.15) is 0 Å². The maximum Gasteiger partial charge on any atom is 0.0644 e. The Morgan fingerprint density at radius 1 is 0.368 bits per heavy atom. The number of rotatable bonds is 8. The molecule has 57 heavy (non-hydrogen) atoms. The van der Waals surface area contributed by atoms with Crippen LogP contribution in [0.25, 0.3) is 44.2 Å². The van der Waals surface area contributed by atoms with Crippen LogP contribution in [0.15, 0.2) is 207 Å². The fraction of sp³-hybridized carbons (Fsp3) is 0.0566. The average Bonchev–Trinajstić information content (AvgIpc) is 4.09. The maximum absolute atomic E-state index is 4.42. The topological polar surface area (TPSA) is 32.3 Å². The summed E-state index contributed by atoms with van der Waals surface area (Å²) in [6, 6.07) is 66.0. The summed E-state index contributed by atoms with van der Waals surface area (Å²) in [6.07, 6.45) is 9.81. The molecule has 0 bridgehead atoms.